The molecule has 0 radical (unpaired) electrons. The van der Waals surface area contributed by atoms with E-state index in [0.717, 1.165) is 5.39 Å². The molecule has 0 atom stereocenters. The van der Waals surface area contributed by atoms with Gasteiger partial charge in [-0.3, -0.25) is 4.55 Å². The van der Waals surface area contributed by atoms with Gasteiger partial charge in [-0.1, -0.05) is 36.4 Å². The zero-order valence-electron chi connectivity index (χ0n) is 9.21. The Kier molecular flexibility index (Phi) is 3.58. The van der Waals surface area contributed by atoms with Crippen molar-refractivity contribution in [2.75, 3.05) is 0 Å². The van der Waals surface area contributed by atoms with E-state index < -0.39 is 10.1 Å². The minimum absolute atomic E-state index is 0. The minimum Gasteiger partial charge on any atom is -1.00 e. The van der Waals surface area contributed by atoms with E-state index in [0.29, 0.717) is 5.39 Å². The topological polar surface area (TPSA) is 54.4 Å². The summed E-state index contributed by atoms with van der Waals surface area (Å²) in [5.74, 6) is 0. The molecule has 0 saturated heterocycles. The van der Waals surface area contributed by atoms with Crippen molar-refractivity contribution in [3.05, 3.63) is 42.5 Å². The summed E-state index contributed by atoms with van der Waals surface area (Å²) in [5, 5.41) is 1.33. The number of hydrogen-bond acceptors (Lipinski definition) is 2. The van der Waals surface area contributed by atoms with Crippen molar-refractivity contribution >= 4 is 20.9 Å². The van der Waals surface area contributed by atoms with Crippen LogP contribution in [0.1, 0.15) is 1.43 Å². The quantitative estimate of drug-likeness (QED) is 0.501. The summed E-state index contributed by atoms with van der Waals surface area (Å²) < 4.78 is 31.0. The molecular weight excluding hydrogens is 207 g/mol. The Balaban J connectivity index is 0.00000112. The van der Waals surface area contributed by atoms with Gasteiger partial charge in [-0.25, -0.2) is 0 Å². The normalized spacial score (nSPS) is 11.0. The van der Waals surface area contributed by atoms with Gasteiger partial charge in [-0.2, -0.15) is 8.42 Å². The minimum atomic E-state index is -4.13. The fraction of sp³-hybridized carbons (Fsp3) is 0. The largest absolute Gasteiger partial charge is 1.00 e. The van der Waals surface area contributed by atoms with Gasteiger partial charge >= 0.3 is 18.9 Å². The van der Waals surface area contributed by atoms with Gasteiger partial charge in [0.15, 0.2) is 0 Å². The van der Waals surface area contributed by atoms with Gasteiger partial charge in [-0.05, 0) is 11.5 Å². The molecule has 3 nitrogen and oxygen atoms in total. The molecule has 0 saturated carbocycles. The molecule has 0 aliphatic heterocycles. The smallest absolute Gasteiger partial charge is 1.00 e. The predicted octanol–water partition coefficient (Wildman–Crippen LogP) is -0.797. The van der Waals surface area contributed by atoms with Crippen LogP contribution in [0.2, 0.25) is 0 Å². The molecule has 0 unspecified atom stereocenters. The van der Waals surface area contributed by atoms with Gasteiger partial charge in [0.05, 0.1) is 0 Å². The first-order valence-corrected chi connectivity index (χ1v) is 5.48. The Hall–Kier alpha value is -0.793. The monoisotopic (exact) mass is 216 g/mol. The summed E-state index contributed by atoms with van der Waals surface area (Å²) >= 11 is 0. The molecule has 0 aliphatic carbocycles. The summed E-state index contributed by atoms with van der Waals surface area (Å²) in [5.41, 5.74) is 0. The molecule has 15 heavy (non-hydrogen) atoms. The van der Waals surface area contributed by atoms with Gasteiger partial charge < -0.3 is 1.43 Å². The van der Waals surface area contributed by atoms with Crippen LogP contribution in [0.25, 0.3) is 10.8 Å². The van der Waals surface area contributed by atoms with Crippen LogP contribution in [0.15, 0.2) is 47.4 Å². The van der Waals surface area contributed by atoms with Crippen molar-refractivity contribution in [3.63, 3.8) is 0 Å². The van der Waals surface area contributed by atoms with Gasteiger partial charge in [-0.15, -0.1) is 0 Å². The van der Waals surface area contributed by atoms with Crippen LogP contribution in [0.5, 0.6) is 0 Å². The Morgan fingerprint density at radius 3 is 2.27 bits per heavy atom. The first-order valence-electron chi connectivity index (χ1n) is 4.04. The summed E-state index contributed by atoms with van der Waals surface area (Å²) in [6, 6.07) is 11.8. The van der Waals surface area contributed by atoms with Crippen LogP contribution < -0.4 is 18.9 Å². The van der Waals surface area contributed by atoms with Crippen molar-refractivity contribution in [2.45, 2.75) is 4.90 Å². The van der Waals surface area contributed by atoms with Gasteiger partial charge in [0.25, 0.3) is 10.1 Å². The van der Waals surface area contributed by atoms with Gasteiger partial charge in [0.2, 0.25) is 0 Å². The summed E-state index contributed by atoms with van der Waals surface area (Å²) in [6.07, 6.45) is 0. The molecule has 2 aromatic rings. The third kappa shape index (κ3) is 2.42. The second-order valence-corrected chi connectivity index (χ2v) is 4.34. The number of benzene rings is 2. The molecule has 0 bridgehead atoms. The standard InChI is InChI=1S/C10H8O3S.Li.H/c11-14(12,13)10-7-3-5-8-4-1-2-6-9(8)10;;/h1-7H,(H,11,12,13);;/q;+1;-1. The maximum Gasteiger partial charge on any atom is 1.00 e. The first kappa shape index (κ1) is 12.3. The molecule has 2 aromatic carbocycles. The van der Waals surface area contributed by atoms with Crippen LogP contribution in [0, 0.1) is 0 Å². The average Bonchev–Trinajstić information content (AvgIpc) is 2.15. The average molecular weight is 216 g/mol. The van der Waals surface area contributed by atoms with Crippen LogP contribution >= 0.6 is 0 Å². The summed E-state index contributed by atoms with van der Waals surface area (Å²) in [4.78, 5) is -0.0457. The third-order valence-corrected chi connectivity index (χ3v) is 2.94. The Bertz CT molecular complexity index is 578. The fourth-order valence-corrected chi connectivity index (χ4v) is 2.13. The van der Waals surface area contributed by atoms with E-state index in [1.807, 2.05) is 6.07 Å². The van der Waals surface area contributed by atoms with Crippen molar-refractivity contribution < 1.29 is 33.3 Å². The number of hydrogen-bond donors (Lipinski definition) is 1. The Morgan fingerprint density at radius 1 is 1.00 bits per heavy atom. The number of rotatable bonds is 1. The van der Waals surface area contributed by atoms with Crippen LogP contribution in [-0.4, -0.2) is 13.0 Å². The summed E-state index contributed by atoms with van der Waals surface area (Å²) in [7, 11) is -4.13. The van der Waals surface area contributed by atoms with Gasteiger partial charge in [0.1, 0.15) is 4.90 Å². The van der Waals surface area contributed by atoms with Crippen molar-refractivity contribution in [3.8, 4) is 0 Å². The van der Waals surface area contributed by atoms with Crippen LogP contribution in [-0.2, 0) is 10.1 Å². The van der Waals surface area contributed by atoms with Crippen molar-refractivity contribution in [1.29, 1.82) is 0 Å². The van der Waals surface area contributed by atoms with E-state index in [-0.39, 0.29) is 25.2 Å². The number of fused-ring (bicyclic) bond motifs is 1. The van der Waals surface area contributed by atoms with Crippen molar-refractivity contribution in [1.82, 2.24) is 0 Å². The molecule has 0 amide bonds. The Labute approximate surface area is 102 Å². The summed E-state index contributed by atoms with van der Waals surface area (Å²) in [6.45, 7) is 0. The molecule has 0 spiro atoms. The third-order valence-electron chi connectivity index (χ3n) is 2.03. The molecule has 0 heterocycles. The molecule has 1 N–H and O–H groups in total. The van der Waals surface area contributed by atoms with Crippen LogP contribution in [0.3, 0.4) is 0 Å². The van der Waals surface area contributed by atoms with E-state index in [2.05, 4.69) is 0 Å². The van der Waals surface area contributed by atoms with E-state index in [4.69, 9.17) is 4.55 Å². The molecular formula is C10H9LiO3S. The van der Waals surface area contributed by atoms with E-state index >= 15 is 0 Å². The fourth-order valence-electron chi connectivity index (χ4n) is 1.42. The molecule has 0 aliphatic rings. The molecule has 74 valence electrons. The van der Waals surface area contributed by atoms with E-state index in [1.165, 1.54) is 6.07 Å². The maximum absolute atomic E-state index is 11.0. The van der Waals surface area contributed by atoms with Crippen molar-refractivity contribution in [2.24, 2.45) is 0 Å². The predicted molar refractivity (Wildman–Crippen MR) is 54.9 cm³/mol. The van der Waals surface area contributed by atoms with Gasteiger partial charge in [0, 0.05) is 5.39 Å². The molecule has 2 rings (SSSR count). The first-order chi connectivity index (χ1) is 6.59. The molecule has 5 heteroatoms. The molecule has 0 aromatic heterocycles. The second-order valence-electron chi connectivity index (χ2n) is 2.95. The van der Waals surface area contributed by atoms with Crippen LogP contribution in [0.4, 0.5) is 0 Å². The van der Waals surface area contributed by atoms with E-state index in [1.54, 1.807) is 30.3 Å². The molecule has 0 fully saturated rings. The second kappa shape index (κ2) is 4.38. The maximum atomic E-state index is 11.0. The Morgan fingerprint density at radius 2 is 1.60 bits per heavy atom. The zero-order chi connectivity index (χ0) is 10.2. The SMILES string of the molecule is O=S(=O)(O)c1cccc2ccccc12.[H-].[Li+]. The van der Waals surface area contributed by atoms with E-state index in [9.17, 15) is 8.42 Å². The zero-order valence-corrected chi connectivity index (χ0v) is 9.03.